The van der Waals surface area contributed by atoms with E-state index in [-0.39, 0.29) is 17.2 Å². The van der Waals surface area contributed by atoms with Crippen LogP contribution in [0.15, 0.2) is 12.1 Å². The van der Waals surface area contributed by atoms with Gasteiger partial charge in [-0.25, -0.2) is 0 Å². The van der Waals surface area contributed by atoms with Crippen LogP contribution in [-0.2, 0) is 0 Å². The van der Waals surface area contributed by atoms with Crippen LogP contribution in [0.4, 0.5) is 14.5 Å². The summed E-state index contributed by atoms with van der Waals surface area (Å²) in [4.78, 5) is 22.4. The number of nitro groups is 1. The lowest BCUT2D eigenvalue weighted by atomic mass is 10.0. The third kappa shape index (κ3) is 4.03. The molecule has 0 spiro atoms. The summed E-state index contributed by atoms with van der Waals surface area (Å²) in [6, 6.07) is 1.77. The standard InChI is InChI=1S/C13H15F2N3O5/c1-22-10-2-8(12(19)17-6-7-4-16-5-7)9(18(20)21)3-11(10)23-13(14)15/h2-3,7,13,16H,4-6H2,1H3,(H,17,19). The zero-order valence-corrected chi connectivity index (χ0v) is 12.2. The highest BCUT2D eigenvalue weighted by molar-refractivity contribution is 5.99. The Labute approximate surface area is 129 Å². The maximum Gasteiger partial charge on any atom is 0.387 e. The Morgan fingerprint density at radius 2 is 2.17 bits per heavy atom. The molecule has 1 heterocycles. The summed E-state index contributed by atoms with van der Waals surface area (Å²) in [5, 5.41) is 16.7. The topological polar surface area (TPSA) is 103 Å². The number of alkyl halides is 2. The lowest BCUT2D eigenvalue weighted by Gasteiger charge is -2.27. The molecule has 1 aliphatic heterocycles. The SMILES string of the molecule is COc1cc(C(=O)NCC2CNC2)c([N+](=O)[O-])cc1OC(F)F. The van der Waals surface area contributed by atoms with Crippen LogP contribution < -0.4 is 20.1 Å². The van der Waals surface area contributed by atoms with E-state index in [1.54, 1.807) is 0 Å². The average molecular weight is 331 g/mol. The summed E-state index contributed by atoms with van der Waals surface area (Å²) in [5.41, 5.74) is -0.911. The minimum atomic E-state index is -3.17. The summed E-state index contributed by atoms with van der Waals surface area (Å²) < 4.78 is 33.7. The van der Waals surface area contributed by atoms with E-state index in [4.69, 9.17) is 4.74 Å². The maximum absolute atomic E-state index is 12.4. The fourth-order valence-corrected chi connectivity index (χ4v) is 2.05. The molecule has 0 unspecified atom stereocenters. The highest BCUT2D eigenvalue weighted by atomic mass is 19.3. The zero-order chi connectivity index (χ0) is 17.0. The van der Waals surface area contributed by atoms with Gasteiger partial charge in [0.15, 0.2) is 11.5 Å². The highest BCUT2D eigenvalue weighted by Gasteiger charge is 2.27. The number of nitrogens with one attached hydrogen (secondary N) is 2. The number of carbonyl (C=O) groups is 1. The lowest BCUT2D eigenvalue weighted by molar-refractivity contribution is -0.385. The smallest absolute Gasteiger partial charge is 0.387 e. The van der Waals surface area contributed by atoms with E-state index in [2.05, 4.69) is 15.4 Å². The van der Waals surface area contributed by atoms with E-state index in [9.17, 15) is 23.7 Å². The number of hydrogen-bond acceptors (Lipinski definition) is 6. The number of nitrogens with zero attached hydrogens (tertiary/aromatic N) is 1. The van der Waals surface area contributed by atoms with Crippen LogP contribution in [-0.4, -0.2) is 44.2 Å². The van der Waals surface area contributed by atoms with Gasteiger partial charge in [-0.3, -0.25) is 14.9 Å². The normalized spacial score (nSPS) is 14.3. The molecule has 0 bridgehead atoms. The molecule has 0 saturated carbocycles. The van der Waals surface area contributed by atoms with Crippen molar-refractivity contribution >= 4 is 11.6 Å². The van der Waals surface area contributed by atoms with E-state index in [1.165, 1.54) is 7.11 Å². The van der Waals surface area contributed by atoms with Crippen molar-refractivity contribution in [1.82, 2.24) is 10.6 Å². The zero-order valence-electron chi connectivity index (χ0n) is 12.2. The van der Waals surface area contributed by atoms with Crippen molar-refractivity contribution in [3.63, 3.8) is 0 Å². The molecule has 126 valence electrons. The van der Waals surface area contributed by atoms with E-state index in [1.807, 2.05) is 0 Å². The van der Waals surface area contributed by atoms with Crippen LogP contribution in [0.3, 0.4) is 0 Å². The number of methoxy groups -OCH3 is 1. The van der Waals surface area contributed by atoms with E-state index in [0.29, 0.717) is 6.54 Å². The Morgan fingerprint density at radius 1 is 1.48 bits per heavy atom. The molecule has 0 radical (unpaired) electrons. The van der Waals surface area contributed by atoms with Crippen LogP contribution in [0.2, 0.25) is 0 Å². The van der Waals surface area contributed by atoms with Crippen molar-refractivity contribution in [1.29, 1.82) is 0 Å². The largest absolute Gasteiger partial charge is 0.493 e. The summed E-state index contributed by atoms with van der Waals surface area (Å²) in [6.07, 6.45) is 0. The molecule has 0 aliphatic carbocycles. The van der Waals surface area contributed by atoms with Crippen molar-refractivity contribution in [2.24, 2.45) is 5.92 Å². The molecule has 1 amide bonds. The van der Waals surface area contributed by atoms with E-state index >= 15 is 0 Å². The van der Waals surface area contributed by atoms with Crippen molar-refractivity contribution < 1.29 is 28.0 Å². The number of hydrogen-bond donors (Lipinski definition) is 2. The second-order valence-corrected chi connectivity index (χ2v) is 4.89. The Hall–Kier alpha value is -2.49. The molecule has 23 heavy (non-hydrogen) atoms. The van der Waals surface area contributed by atoms with Gasteiger partial charge >= 0.3 is 6.61 Å². The molecular weight excluding hydrogens is 316 g/mol. The van der Waals surface area contributed by atoms with Crippen molar-refractivity contribution in [3.8, 4) is 11.5 Å². The number of ether oxygens (including phenoxy) is 2. The van der Waals surface area contributed by atoms with Crippen molar-refractivity contribution in [2.45, 2.75) is 6.61 Å². The van der Waals surface area contributed by atoms with Crippen molar-refractivity contribution in [3.05, 3.63) is 27.8 Å². The second-order valence-electron chi connectivity index (χ2n) is 4.89. The second kappa shape index (κ2) is 7.18. The number of benzene rings is 1. The first-order chi connectivity index (χ1) is 10.9. The molecule has 1 aromatic rings. The first kappa shape index (κ1) is 16.9. The Balaban J connectivity index is 2.28. The number of amides is 1. The lowest BCUT2D eigenvalue weighted by Crippen LogP contribution is -2.48. The quantitative estimate of drug-likeness (QED) is 0.574. The summed E-state index contributed by atoms with van der Waals surface area (Å²) >= 11 is 0. The summed E-state index contributed by atoms with van der Waals surface area (Å²) in [7, 11) is 1.18. The Morgan fingerprint density at radius 3 is 2.65 bits per heavy atom. The van der Waals surface area contributed by atoms with Crippen LogP contribution in [0.5, 0.6) is 11.5 Å². The highest BCUT2D eigenvalue weighted by Crippen LogP contribution is 2.35. The molecule has 1 aliphatic rings. The number of carbonyl (C=O) groups excluding carboxylic acids is 1. The molecule has 1 aromatic carbocycles. The van der Waals surface area contributed by atoms with Crippen LogP contribution in [0.1, 0.15) is 10.4 Å². The average Bonchev–Trinajstić information content (AvgIpc) is 2.44. The molecular formula is C13H15F2N3O5. The monoisotopic (exact) mass is 331 g/mol. The first-order valence-electron chi connectivity index (χ1n) is 6.72. The Bertz CT molecular complexity index is 608. The van der Waals surface area contributed by atoms with Gasteiger partial charge in [0.05, 0.1) is 18.1 Å². The van der Waals surface area contributed by atoms with Gasteiger partial charge in [-0.2, -0.15) is 8.78 Å². The minimum Gasteiger partial charge on any atom is -0.493 e. The molecule has 0 aromatic heterocycles. The number of nitro benzene ring substituents is 1. The number of halogens is 2. The van der Waals surface area contributed by atoms with Crippen LogP contribution in [0.25, 0.3) is 0 Å². The van der Waals surface area contributed by atoms with Gasteiger partial charge < -0.3 is 20.1 Å². The third-order valence-corrected chi connectivity index (χ3v) is 3.36. The minimum absolute atomic E-state index is 0.189. The van der Waals surface area contributed by atoms with Gasteiger partial charge in [0.2, 0.25) is 0 Å². The third-order valence-electron chi connectivity index (χ3n) is 3.36. The van der Waals surface area contributed by atoms with E-state index < -0.39 is 28.9 Å². The fraction of sp³-hybridized carbons (Fsp3) is 0.462. The number of rotatable bonds is 7. The predicted molar refractivity (Wildman–Crippen MR) is 75.0 cm³/mol. The van der Waals surface area contributed by atoms with Gasteiger partial charge in [0.1, 0.15) is 5.56 Å². The van der Waals surface area contributed by atoms with Gasteiger partial charge in [-0.05, 0) is 0 Å². The van der Waals surface area contributed by atoms with E-state index in [0.717, 1.165) is 25.2 Å². The summed E-state index contributed by atoms with van der Waals surface area (Å²) in [6.45, 7) is -1.30. The maximum atomic E-state index is 12.4. The van der Waals surface area contributed by atoms with Gasteiger partial charge in [0.25, 0.3) is 11.6 Å². The fourth-order valence-electron chi connectivity index (χ4n) is 2.05. The summed E-state index contributed by atoms with van der Waals surface area (Å²) in [5.74, 6) is -1.10. The first-order valence-corrected chi connectivity index (χ1v) is 6.72. The molecule has 8 nitrogen and oxygen atoms in total. The Kier molecular flexibility index (Phi) is 5.27. The molecule has 1 saturated heterocycles. The van der Waals surface area contributed by atoms with Gasteiger partial charge in [-0.1, -0.05) is 0 Å². The molecule has 2 rings (SSSR count). The van der Waals surface area contributed by atoms with Crippen molar-refractivity contribution in [2.75, 3.05) is 26.7 Å². The molecule has 0 atom stereocenters. The van der Waals surface area contributed by atoms with Gasteiger partial charge in [0, 0.05) is 31.6 Å². The molecule has 10 heteroatoms. The predicted octanol–water partition coefficient (Wildman–Crippen LogP) is 1.15. The van der Waals surface area contributed by atoms with Crippen LogP contribution in [0, 0.1) is 16.0 Å². The molecule has 2 N–H and O–H groups in total. The van der Waals surface area contributed by atoms with Crippen LogP contribution >= 0.6 is 0 Å². The van der Waals surface area contributed by atoms with Gasteiger partial charge in [-0.15, -0.1) is 0 Å². The molecule has 1 fully saturated rings.